The summed E-state index contributed by atoms with van der Waals surface area (Å²) < 4.78 is 5.82. The molecule has 0 aliphatic carbocycles. The number of nitrogen functional groups attached to an aromatic ring is 1. The van der Waals surface area contributed by atoms with Crippen molar-refractivity contribution in [3.63, 3.8) is 0 Å². The molecular formula is C19H12N8O. The van der Waals surface area contributed by atoms with Gasteiger partial charge in [0.05, 0.1) is 11.6 Å². The molecule has 0 radical (unpaired) electrons. The van der Waals surface area contributed by atoms with E-state index in [0.717, 1.165) is 11.1 Å². The summed E-state index contributed by atoms with van der Waals surface area (Å²) in [5.41, 5.74) is 9.82. The molecule has 0 saturated heterocycles. The van der Waals surface area contributed by atoms with Crippen molar-refractivity contribution in [1.82, 2.24) is 25.4 Å². The zero-order chi connectivity index (χ0) is 19.5. The van der Waals surface area contributed by atoms with Crippen molar-refractivity contribution < 1.29 is 4.74 Å². The molecule has 9 nitrogen and oxygen atoms in total. The molecule has 0 unspecified atom stereocenters. The lowest BCUT2D eigenvalue weighted by atomic mass is 10.0. The standard InChI is InChI=1S/C19H12N8O/c20-7-14-5-11(12-3-4-15(8-21)23-9-12)1-2-13(14)10-28-16-6-17(22)24-19-18(16)25-27-26-19/h1-6,9H,10H2,(H3,22,24,25,26,27). The maximum absolute atomic E-state index is 9.53. The summed E-state index contributed by atoms with van der Waals surface area (Å²) in [4.78, 5) is 8.14. The van der Waals surface area contributed by atoms with Crippen LogP contribution in [0.4, 0.5) is 5.82 Å². The second-order valence-electron chi connectivity index (χ2n) is 5.87. The number of nitrogens with one attached hydrogen (secondary N) is 1. The smallest absolute Gasteiger partial charge is 0.181 e. The summed E-state index contributed by atoms with van der Waals surface area (Å²) in [6, 6.07) is 14.6. The molecule has 0 aliphatic rings. The number of nitrogens with two attached hydrogens (primary N) is 1. The molecule has 4 rings (SSSR count). The lowest BCUT2D eigenvalue weighted by Gasteiger charge is -2.10. The summed E-state index contributed by atoms with van der Waals surface area (Å²) in [7, 11) is 0. The van der Waals surface area contributed by atoms with E-state index in [-0.39, 0.29) is 12.4 Å². The average Bonchev–Trinajstić information content (AvgIpc) is 3.20. The summed E-state index contributed by atoms with van der Waals surface area (Å²) >= 11 is 0. The number of aromatic amines is 1. The molecule has 3 heterocycles. The normalized spacial score (nSPS) is 10.4. The fourth-order valence-corrected chi connectivity index (χ4v) is 2.71. The number of nitriles is 2. The second-order valence-corrected chi connectivity index (χ2v) is 5.87. The van der Waals surface area contributed by atoms with Gasteiger partial charge in [-0.05, 0) is 23.8 Å². The maximum Gasteiger partial charge on any atom is 0.181 e. The summed E-state index contributed by atoms with van der Waals surface area (Å²) in [5, 5.41) is 28.7. The van der Waals surface area contributed by atoms with E-state index in [4.69, 9.17) is 15.7 Å². The van der Waals surface area contributed by atoms with Gasteiger partial charge in [-0.1, -0.05) is 17.3 Å². The molecule has 0 bridgehead atoms. The Morgan fingerprint density at radius 3 is 2.68 bits per heavy atom. The van der Waals surface area contributed by atoms with Crippen LogP contribution in [0.5, 0.6) is 5.75 Å². The SMILES string of the molecule is N#Cc1ccc(-c2ccc(COc3cc(N)nc4[nH]nnc34)c(C#N)c2)cn1. The number of nitrogens with zero attached hydrogens (tertiary/aromatic N) is 6. The third-order valence-corrected chi connectivity index (χ3v) is 4.11. The first-order valence-electron chi connectivity index (χ1n) is 8.17. The van der Waals surface area contributed by atoms with Crippen molar-refractivity contribution in [1.29, 1.82) is 10.5 Å². The number of hydrogen-bond donors (Lipinski definition) is 2. The molecule has 0 aliphatic heterocycles. The number of aromatic nitrogens is 5. The molecule has 0 spiro atoms. The van der Waals surface area contributed by atoms with Crippen LogP contribution < -0.4 is 10.5 Å². The molecular weight excluding hydrogens is 356 g/mol. The molecule has 28 heavy (non-hydrogen) atoms. The van der Waals surface area contributed by atoms with E-state index in [9.17, 15) is 5.26 Å². The number of anilines is 1. The third kappa shape index (κ3) is 3.16. The van der Waals surface area contributed by atoms with Gasteiger partial charge in [-0.3, -0.25) is 0 Å². The van der Waals surface area contributed by atoms with Crippen LogP contribution in [0.25, 0.3) is 22.3 Å². The van der Waals surface area contributed by atoms with Crippen molar-refractivity contribution in [2.45, 2.75) is 6.61 Å². The van der Waals surface area contributed by atoms with Crippen LogP contribution in [-0.2, 0) is 6.61 Å². The average molecular weight is 368 g/mol. The van der Waals surface area contributed by atoms with Gasteiger partial charge < -0.3 is 10.5 Å². The first-order chi connectivity index (χ1) is 13.7. The number of pyridine rings is 2. The van der Waals surface area contributed by atoms with Gasteiger partial charge in [-0.2, -0.15) is 10.5 Å². The molecule has 1 aromatic carbocycles. The molecule has 0 saturated carbocycles. The van der Waals surface area contributed by atoms with Crippen LogP contribution in [0.2, 0.25) is 0 Å². The molecule has 4 aromatic rings. The van der Waals surface area contributed by atoms with Crippen molar-refractivity contribution in [2.24, 2.45) is 0 Å². The highest BCUT2D eigenvalue weighted by Gasteiger charge is 2.12. The van der Waals surface area contributed by atoms with E-state index in [0.29, 0.717) is 33.7 Å². The predicted octanol–water partition coefficient (Wildman–Crippen LogP) is 2.32. The highest BCUT2D eigenvalue weighted by molar-refractivity contribution is 5.79. The van der Waals surface area contributed by atoms with Gasteiger partial charge in [0.15, 0.2) is 16.9 Å². The number of rotatable bonds is 4. The van der Waals surface area contributed by atoms with E-state index in [2.05, 4.69) is 31.4 Å². The van der Waals surface area contributed by atoms with Crippen molar-refractivity contribution in [2.75, 3.05) is 5.73 Å². The van der Waals surface area contributed by atoms with E-state index >= 15 is 0 Å². The highest BCUT2D eigenvalue weighted by Crippen LogP contribution is 2.26. The quantitative estimate of drug-likeness (QED) is 0.557. The van der Waals surface area contributed by atoms with E-state index in [1.54, 1.807) is 30.5 Å². The molecule has 134 valence electrons. The first kappa shape index (κ1) is 16.9. The molecule has 3 aromatic heterocycles. The lowest BCUT2D eigenvalue weighted by Crippen LogP contribution is -2.01. The van der Waals surface area contributed by atoms with Crippen LogP contribution in [-0.4, -0.2) is 25.4 Å². The van der Waals surface area contributed by atoms with Crippen molar-refractivity contribution >= 4 is 17.0 Å². The van der Waals surface area contributed by atoms with E-state index < -0.39 is 0 Å². The Balaban J connectivity index is 1.60. The fraction of sp³-hybridized carbons (Fsp3) is 0.0526. The van der Waals surface area contributed by atoms with Gasteiger partial charge in [-0.15, -0.1) is 5.10 Å². The Kier molecular flexibility index (Phi) is 4.25. The summed E-state index contributed by atoms with van der Waals surface area (Å²) in [6.45, 7) is 0.153. The molecule has 3 N–H and O–H groups in total. The van der Waals surface area contributed by atoms with Gasteiger partial charge in [0.1, 0.15) is 24.2 Å². The number of fused-ring (bicyclic) bond motifs is 1. The fourth-order valence-electron chi connectivity index (χ4n) is 2.71. The van der Waals surface area contributed by atoms with E-state index in [1.165, 1.54) is 0 Å². The predicted molar refractivity (Wildman–Crippen MR) is 99.5 cm³/mol. The topological polar surface area (TPSA) is 150 Å². The van der Waals surface area contributed by atoms with Gasteiger partial charge in [0.25, 0.3) is 0 Å². The zero-order valence-corrected chi connectivity index (χ0v) is 14.4. The molecule has 0 atom stereocenters. The summed E-state index contributed by atoms with van der Waals surface area (Å²) in [5.74, 6) is 0.707. The molecule has 0 fully saturated rings. The van der Waals surface area contributed by atoms with Crippen LogP contribution in [0.3, 0.4) is 0 Å². The van der Waals surface area contributed by atoms with Crippen LogP contribution in [0.1, 0.15) is 16.8 Å². The Bertz CT molecular complexity index is 1250. The minimum Gasteiger partial charge on any atom is -0.486 e. The number of H-pyrrole nitrogens is 1. The first-order valence-corrected chi connectivity index (χ1v) is 8.17. The minimum atomic E-state index is 0.153. The molecule has 9 heteroatoms. The zero-order valence-electron chi connectivity index (χ0n) is 14.4. The van der Waals surface area contributed by atoms with Crippen LogP contribution >= 0.6 is 0 Å². The largest absolute Gasteiger partial charge is 0.486 e. The third-order valence-electron chi connectivity index (χ3n) is 4.11. The van der Waals surface area contributed by atoms with Gasteiger partial charge in [-0.25, -0.2) is 15.1 Å². The Hall–Kier alpha value is -4.50. The molecule has 0 amide bonds. The number of hydrogen-bond acceptors (Lipinski definition) is 8. The van der Waals surface area contributed by atoms with Crippen molar-refractivity contribution in [3.8, 4) is 29.0 Å². The van der Waals surface area contributed by atoms with Crippen LogP contribution in [0, 0.1) is 22.7 Å². The Morgan fingerprint density at radius 2 is 1.93 bits per heavy atom. The highest BCUT2D eigenvalue weighted by atomic mass is 16.5. The second kappa shape index (κ2) is 7.02. The minimum absolute atomic E-state index is 0.153. The summed E-state index contributed by atoms with van der Waals surface area (Å²) in [6.07, 6.45) is 1.60. The van der Waals surface area contributed by atoms with Crippen LogP contribution in [0.15, 0.2) is 42.6 Å². The van der Waals surface area contributed by atoms with Crippen molar-refractivity contribution in [3.05, 3.63) is 59.4 Å². The van der Waals surface area contributed by atoms with E-state index in [1.807, 2.05) is 18.2 Å². The Morgan fingerprint density at radius 1 is 1.07 bits per heavy atom. The van der Waals surface area contributed by atoms with Gasteiger partial charge in [0.2, 0.25) is 0 Å². The number of benzene rings is 1. The number of ether oxygens (including phenoxy) is 1. The maximum atomic E-state index is 9.53. The Labute approximate surface area is 159 Å². The lowest BCUT2D eigenvalue weighted by molar-refractivity contribution is 0.309. The van der Waals surface area contributed by atoms with Gasteiger partial charge in [0, 0.05) is 23.4 Å². The van der Waals surface area contributed by atoms with Gasteiger partial charge >= 0.3 is 0 Å². The monoisotopic (exact) mass is 368 g/mol.